The zero-order chi connectivity index (χ0) is 25.7. The number of carbonyl (C=O) groups is 1. The number of hydrogen-bond acceptors (Lipinski definition) is 8. The van der Waals surface area contributed by atoms with E-state index in [0.717, 1.165) is 51.7 Å². The van der Waals surface area contributed by atoms with Crippen molar-refractivity contribution in [2.45, 2.75) is 38.9 Å². The molecule has 7 N–H and O–H groups in total. The molecule has 36 heavy (non-hydrogen) atoms. The van der Waals surface area contributed by atoms with E-state index in [9.17, 15) is 9.90 Å². The number of rotatable bonds is 12. The number of anilines is 2. The monoisotopic (exact) mass is 491 g/mol. The van der Waals surface area contributed by atoms with Crippen LogP contribution in [0.3, 0.4) is 0 Å². The number of fused-ring (bicyclic) bond motifs is 3. The predicted octanol–water partition coefficient (Wildman–Crippen LogP) is 2.37. The lowest BCUT2D eigenvalue weighted by Crippen LogP contribution is -2.28. The first-order valence-electron chi connectivity index (χ1n) is 12.0. The zero-order valence-corrected chi connectivity index (χ0v) is 20.6. The SMILES string of the molecule is CCC[C@@H](CO)Nc1nc(N)nc2c3ccccc3n(Cc3cc(CNCC(N)=O)ccc3OC)c12. The van der Waals surface area contributed by atoms with Crippen LogP contribution in [-0.4, -0.2) is 51.9 Å². The van der Waals surface area contributed by atoms with Gasteiger partial charge in [-0.2, -0.15) is 4.98 Å². The Morgan fingerprint density at radius 2 is 2.03 bits per heavy atom. The van der Waals surface area contributed by atoms with Gasteiger partial charge in [0, 0.05) is 17.5 Å². The molecule has 2 heterocycles. The van der Waals surface area contributed by atoms with Gasteiger partial charge in [-0.05, 0) is 30.2 Å². The van der Waals surface area contributed by atoms with Crippen LogP contribution < -0.4 is 26.8 Å². The zero-order valence-electron chi connectivity index (χ0n) is 20.6. The molecule has 0 saturated heterocycles. The second kappa shape index (κ2) is 11.2. The van der Waals surface area contributed by atoms with Crippen molar-refractivity contribution >= 4 is 39.6 Å². The minimum atomic E-state index is -0.405. The normalized spacial score (nSPS) is 12.2. The number of carbonyl (C=O) groups excluding carboxylic acids is 1. The van der Waals surface area contributed by atoms with Crippen LogP contribution in [0.2, 0.25) is 0 Å². The van der Waals surface area contributed by atoms with Gasteiger partial charge in [0.05, 0.1) is 38.4 Å². The molecule has 1 amide bonds. The highest BCUT2D eigenvalue weighted by Gasteiger charge is 2.20. The molecule has 1 atom stereocenters. The van der Waals surface area contributed by atoms with Crippen LogP contribution in [0.25, 0.3) is 21.9 Å². The van der Waals surface area contributed by atoms with E-state index in [1.165, 1.54) is 0 Å². The number of amides is 1. The lowest BCUT2D eigenvalue weighted by Gasteiger charge is -2.19. The summed E-state index contributed by atoms with van der Waals surface area (Å²) >= 11 is 0. The van der Waals surface area contributed by atoms with E-state index < -0.39 is 5.91 Å². The summed E-state index contributed by atoms with van der Waals surface area (Å²) in [5.74, 6) is 1.09. The maximum absolute atomic E-state index is 11.1. The number of hydrogen-bond donors (Lipinski definition) is 5. The summed E-state index contributed by atoms with van der Waals surface area (Å²) in [6, 6.07) is 13.8. The number of para-hydroxylation sites is 1. The van der Waals surface area contributed by atoms with Crippen LogP contribution in [0.1, 0.15) is 30.9 Å². The lowest BCUT2D eigenvalue weighted by atomic mass is 10.1. The van der Waals surface area contributed by atoms with Crippen molar-refractivity contribution < 1.29 is 14.6 Å². The van der Waals surface area contributed by atoms with Crippen LogP contribution in [-0.2, 0) is 17.9 Å². The third-order valence-corrected chi connectivity index (χ3v) is 6.12. The fourth-order valence-electron chi connectivity index (χ4n) is 4.53. The van der Waals surface area contributed by atoms with Gasteiger partial charge in [-0.25, -0.2) is 4.98 Å². The number of aliphatic hydroxyl groups is 1. The molecule has 190 valence electrons. The van der Waals surface area contributed by atoms with E-state index in [1.807, 2.05) is 42.5 Å². The van der Waals surface area contributed by atoms with Crippen molar-refractivity contribution in [3.8, 4) is 5.75 Å². The largest absolute Gasteiger partial charge is 0.496 e. The van der Waals surface area contributed by atoms with Gasteiger partial charge < -0.3 is 36.5 Å². The molecule has 2 aromatic heterocycles. The highest BCUT2D eigenvalue weighted by atomic mass is 16.5. The van der Waals surface area contributed by atoms with Crippen molar-refractivity contribution in [3.05, 3.63) is 53.6 Å². The van der Waals surface area contributed by atoms with Gasteiger partial charge in [0.25, 0.3) is 0 Å². The van der Waals surface area contributed by atoms with Crippen molar-refractivity contribution in [2.24, 2.45) is 5.73 Å². The van der Waals surface area contributed by atoms with E-state index in [0.29, 0.717) is 18.9 Å². The summed E-state index contributed by atoms with van der Waals surface area (Å²) in [6.45, 7) is 3.13. The number of nitrogen functional groups attached to an aromatic ring is 1. The van der Waals surface area contributed by atoms with Crippen LogP contribution in [0.4, 0.5) is 11.8 Å². The number of aromatic nitrogens is 3. The number of aliphatic hydroxyl groups excluding tert-OH is 1. The van der Waals surface area contributed by atoms with E-state index >= 15 is 0 Å². The molecule has 0 spiro atoms. The Bertz CT molecular complexity index is 1370. The number of primary amides is 1. The first kappa shape index (κ1) is 25.2. The highest BCUT2D eigenvalue weighted by Crippen LogP contribution is 2.34. The first-order valence-corrected chi connectivity index (χ1v) is 12.0. The molecule has 0 fully saturated rings. The molecule has 4 aromatic rings. The molecule has 0 saturated carbocycles. The third kappa shape index (κ3) is 5.34. The number of nitrogens with one attached hydrogen (secondary N) is 2. The molecule has 0 aliphatic heterocycles. The third-order valence-electron chi connectivity index (χ3n) is 6.12. The van der Waals surface area contributed by atoms with Crippen molar-refractivity contribution in [2.75, 3.05) is 31.3 Å². The van der Waals surface area contributed by atoms with Gasteiger partial charge in [0.1, 0.15) is 16.8 Å². The summed E-state index contributed by atoms with van der Waals surface area (Å²) in [6.07, 6.45) is 1.70. The van der Waals surface area contributed by atoms with Gasteiger partial charge in [0.2, 0.25) is 11.9 Å². The molecular formula is C26H33N7O3. The van der Waals surface area contributed by atoms with Gasteiger partial charge in [-0.1, -0.05) is 37.6 Å². The molecule has 2 aromatic carbocycles. The van der Waals surface area contributed by atoms with Crippen molar-refractivity contribution in [1.82, 2.24) is 19.9 Å². The molecular weight excluding hydrogens is 458 g/mol. The number of nitrogens with zero attached hydrogens (tertiary/aromatic N) is 3. The average molecular weight is 492 g/mol. The summed E-state index contributed by atoms with van der Waals surface area (Å²) in [4.78, 5) is 20.2. The number of benzene rings is 2. The maximum atomic E-state index is 11.1. The lowest BCUT2D eigenvalue weighted by molar-refractivity contribution is -0.117. The Labute approximate surface area is 209 Å². The predicted molar refractivity (Wildman–Crippen MR) is 142 cm³/mol. The topological polar surface area (TPSA) is 153 Å². The Morgan fingerprint density at radius 3 is 2.75 bits per heavy atom. The highest BCUT2D eigenvalue weighted by molar-refractivity contribution is 6.09. The Kier molecular flexibility index (Phi) is 7.87. The van der Waals surface area contributed by atoms with Gasteiger partial charge in [-0.15, -0.1) is 0 Å². The van der Waals surface area contributed by atoms with Crippen molar-refractivity contribution in [3.63, 3.8) is 0 Å². The maximum Gasteiger partial charge on any atom is 0.231 e. The molecule has 0 radical (unpaired) electrons. The smallest absolute Gasteiger partial charge is 0.231 e. The Balaban J connectivity index is 1.84. The quantitative estimate of drug-likeness (QED) is 0.202. The summed E-state index contributed by atoms with van der Waals surface area (Å²) in [7, 11) is 1.64. The fraction of sp³-hybridized carbons (Fsp3) is 0.346. The van der Waals surface area contributed by atoms with Gasteiger partial charge in [0.15, 0.2) is 5.82 Å². The van der Waals surface area contributed by atoms with E-state index in [4.69, 9.17) is 16.2 Å². The van der Waals surface area contributed by atoms with Crippen LogP contribution >= 0.6 is 0 Å². The second-order valence-corrected chi connectivity index (χ2v) is 8.76. The van der Waals surface area contributed by atoms with E-state index in [2.05, 4.69) is 32.1 Å². The van der Waals surface area contributed by atoms with Crippen LogP contribution in [0, 0.1) is 0 Å². The summed E-state index contributed by atoms with van der Waals surface area (Å²) < 4.78 is 7.82. The molecule has 0 bridgehead atoms. The van der Waals surface area contributed by atoms with Gasteiger partial charge >= 0.3 is 0 Å². The number of nitrogens with two attached hydrogens (primary N) is 2. The first-order chi connectivity index (χ1) is 17.4. The fourth-order valence-corrected chi connectivity index (χ4v) is 4.53. The molecule has 10 heteroatoms. The van der Waals surface area contributed by atoms with Crippen LogP contribution in [0.15, 0.2) is 42.5 Å². The van der Waals surface area contributed by atoms with E-state index in [1.54, 1.807) is 7.11 Å². The molecule has 0 aliphatic carbocycles. The molecule has 4 rings (SSSR count). The number of methoxy groups -OCH3 is 1. The molecule has 0 unspecified atom stereocenters. The standard InChI is InChI=1S/C26H33N7O3/c1-3-6-18(15-34)30-25-24-23(31-26(28)32-25)19-7-4-5-8-20(19)33(24)14-17-11-16(9-10-21(17)36-2)12-29-13-22(27)35/h4-5,7-11,18,29,34H,3,6,12-15H2,1-2H3,(H2,27,35)(H3,28,30,31,32)/t18-/m0/s1. The molecule has 0 aliphatic rings. The number of ether oxygens (including phenoxy) is 1. The Morgan fingerprint density at radius 1 is 1.22 bits per heavy atom. The Hall–Kier alpha value is -3.89. The van der Waals surface area contributed by atoms with E-state index in [-0.39, 0.29) is 25.1 Å². The minimum Gasteiger partial charge on any atom is -0.496 e. The molecule has 10 nitrogen and oxygen atoms in total. The summed E-state index contributed by atoms with van der Waals surface area (Å²) in [5, 5.41) is 17.3. The van der Waals surface area contributed by atoms with Gasteiger partial charge in [-0.3, -0.25) is 4.79 Å². The second-order valence-electron chi connectivity index (χ2n) is 8.76. The van der Waals surface area contributed by atoms with Crippen molar-refractivity contribution in [1.29, 1.82) is 0 Å². The average Bonchev–Trinajstić information content (AvgIpc) is 3.17. The van der Waals surface area contributed by atoms with Crippen LogP contribution in [0.5, 0.6) is 5.75 Å². The summed E-state index contributed by atoms with van der Waals surface area (Å²) in [5.41, 5.74) is 15.8. The minimum absolute atomic E-state index is 0.0202.